The van der Waals surface area contributed by atoms with Crippen molar-refractivity contribution in [2.75, 3.05) is 12.1 Å². The van der Waals surface area contributed by atoms with Crippen LogP contribution in [0.25, 0.3) is 0 Å². The van der Waals surface area contributed by atoms with Crippen LogP contribution in [0.4, 0.5) is 11.5 Å². The average molecular weight is 307 g/mol. The van der Waals surface area contributed by atoms with Gasteiger partial charge in [0.25, 0.3) is 0 Å². The number of nitrogens with one attached hydrogen (secondary N) is 1. The van der Waals surface area contributed by atoms with Gasteiger partial charge in [-0.3, -0.25) is 0 Å². The summed E-state index contributed by atoms with van der Waals surface area (Å²) < 4.78 is 11.6. The third-order valence-electron chi connectivity index (χ3n) is 2.68. The maximum atomic E-state index is 5.34. The second-order valence-corrected chi connectivity index (χ2v) is 4.93. The van der Waals surface area contributed by atoms with Crippen molar-refractivity contribution in [3.63, 3.8) is 0 Å². The van der Waals surface area contributed by atoms with Crippen LogP contribution in [0.5, 0.6) is 11.5 Å². The highest BCUT2D eigenvalue weighted by atomic mass is 79.9. The van der Waals surface area contributed by atoms with Crippen molar-refractivity contribution in [3.8, 4) is 11.5 Å². The molecule has 1 aliphatic rings. The molecule has 0 radical (unpaired) electrons. The molecule has 0 saturated carbocycles. The number of benzene rings is 1. The zero-order valence-corrected chi connectivity index (χ0v) is 11.3. The van der Waals surface area contributed by atoms with E-state index in [0.717, 1.165) is 33.0 Å². The lowest BCUT2D eigenvalue weighted by molar-refractivity contribution is 0.174. The molecule has 4 nitrogen and oxygen atoms in total. The summed E-state index contributed by atoms with van der Waals surface area (Å²) >= 11 is 3.40. The summed E-state index contributed by atoms with van der Waals surface area (Å²) in [5.41, 5.74) is 2.00. The molecule has 0 aliphatic carbocycles. The van der Waals surface area contributed by atoms with Gasteiger partial charge < -0.3 is 14.8 Å². The van der Waals surface area contributed by atoms with Crippen LogP contribution in [-0.4, -0.2) is 11.8 Å². The summed E-state index contributed by atoms with van der Waals surface area (Å²) in [6, 6.07) is 7.75. The molecule has 0 amide bonds. The Labute approximate surface area is 113 Å². The first-order valence-corrected chi connectivity index (χ1v) is 6.30. The number of fused-ring (bicyclic) bond motifs is 1. The number of hydrogen-bond donors (Lipinski definition) is 1. The van der Waals surface area contributed by atoms with Crippen molar-refractivity contribution in [2.45, 2.75) is 6.92 Å². The summed E-state index contributed by atoms with van der Waals surface area (Å²) in [7, 11) is 0. The minimum atomic E-state index is 0.286. The Hall–Kier alpha value is -1.75. The molecule has 92 valence electrons. The molecule has 0 saturated heterocycles. The molecule has 0 bridgehead atoms. The van der Waals surface area contributed by atoms with Crippen LogP contribution in [0.1, 0.15) is 5.56 Å². The Bertz CT molecular complexity index is 602. The van der Waals surface area contributed by atoms with E-state index in [-0.39, 0.29) is 6.79 Å². The van der Waals surface area contributed by atoms with Gasteiger partial charge in [-0.05, 0) is 46.6 Å². The number of halogens is 1. The fourth-order valence-corrected chi connectivity index (χ4v) is 2.23. The van der Waals surface area contributed by atoms with E-state index in [4.69, 9.17) is 9.47 Å². The van der Waals surface area contributed by atoms with E-state index in [0.29, 0.717) is 0 Å². The van der Waals surface area contributed by atoms with Crippen molar-refractivity contribution in [1.82, 2.24) is 4.98 Å². The molecular weight excluding hydrogens is 296 g/mol. The molecule has 0 atom stereocenters. The van der Waals surface area contributed by atoms with E-state index in [1.54, 1.807) is 6.20 Å². The minimum Gasteiger partial charge on any atom is -0.454 e. The topological polar surface area (TPSA) is 43.4 Å². The average Bonchev–Trinajstić information content (AvgIpc) is 2.80. The molecule has 0 unspecified atom stereocenters. The predicted octanol–water partition coefficient (Wildman–Crippen LogP) is 3.62. The van der Waals surface area contributed by atoms with Crippen LogP contribution in [0.3, 0.4) is 0 Å². The van der Waals surface area contributed by atoms with Gasteiger partial charge in [0, 0.05) is 22.4 Å². The Morgan fingerprint density at radius 2 is 2.06 bits per heavy atom. The second kappa shape index (κ2) is 4.49. The summed E-state index contributed by atoms with van der Waals surface area (Å²) in [4.78, 5) is 4.34. The van der Waals surface area contributed by atoms with Crippen molar-refractivity contribution < 1.29 is 9.47 Å². The molecule has 0 spiro atoms. The van der Waals surface area contributed by atoms with Gasteiger partial charge in [0.2, 0.25) is 6.79 Å². The molecule has 2 heterocycles. The number of nitrogens with zero attached hydrogens (tertiary/aromatic N) is 1. The van der Waals surface area contributed by atoms with Gasteiger partial charge >= 0.3 is 0 Å². The first-order valence-electron chi connectivity index (χ1n) is 5.51. The molecule has 1 aromatic heterocycles. The lowest BCUT2D eigenvalue weighted by Gasteiger charge is -2.09. The van der Waals surface area contributed by atoms with E-state index < -0.39 is 0 Å². The second-order valence-electron chi connectivity index (χ2n) is 4.01. The molecule has 0 fully saturated rings. The highest BCUT2D eigenvalue weighted by molar-refractivity contribution is 9.10. The van der Waals surface area contributed by atoms with Crippen LogP contribution < -0.4 is 14.8 Å². The van der Waals surface area contributed by atoms with E-state index >= 15 is 0 Å². The summed E-state index contributed by atoms with van der Waals surface area (Å²) in [6.45, 7) is 2.29. The lowest BCUT2D eigenvalue weighted by atomic mass is 10.2. The minimum absolute atomic E-state index is 0.286. The molecule has 2 aromatic rings. The standard InChI is InChI=1S/C13H11BrN2O2/c1-8-4-9(14)6-15-13(8)16-10-2-3-11-12(5-10)18-7-17-11/h2-6H,7H2,1H3,(H,15,16). The third-order valence-corrected chi connectivity index (χ3v) is 3.11. The number of hydrogen-bond acceptors (Lipinski definition) is 4. The number of anilines is 2. The molecule has 1 aromatic carbocycles. The van der Waals surface area contributed by atoms with Crippen LogP contribution in [0.2, 0.25) is 0 Å². The fourth-order valence-electron chi connectivity index (χ4n) is 1.78. The predicted molar refractivity (Wildman–Crippen MR) is 72.5 cm³/mol. The van der Waals surface area contributed by atoms with Crippen molar-refractivity contribution >= 4 is 27.4 Å². The SMILES string of the molecule is Cc1cc(Br)cnc1Nc1ccc2c(c1)OCO2. The highest BCUT2D eigenvalue weighted by Gasteiger charge is 2.13. The van der Waals surface area contributed by atoms with E-state index in [1.807, 2.05) is 31.2 Å². The van der Waals surface area contributed by atoms with Crippen molar-refractivity contribution in [3.05, 3.63) is 40.5 Å². The Morgan fingerprint density at radius 3 is 2.89 bits per heavy atom. The van der Waals surface area contributed by atoms with Crippen molar-refractivity contribution in [2.24, 2.45) is 0 Å². The van der Waals surface area contributed by atoms with Crippen LogP contribution in [-0.2, 0) is 0 Å². The number of rotatable bonds is 2. The van der Waals surface area contributed by atoms with E-state index in [1.165, 1.54) is 0 Å². The number of ether oxygens (including phenoxy) is 2. The van der Waals surface area contributed by atoms with Gasteiger partial charge in [-0.1, -0.05) is 0 Å². The molecule has 3 rings (SSSR count). The quantitative estimate of drug-likeness (QED) is 0.920. The molecular formula is C13H11BrN2O2. The molecule has 5 heteroatoms. The Morgan fingerprint density at radius 1 is 1.22 bits per heavy atom. The van der Waals surface area contributed by atoms with Crippen LogP contribution in [0, 0.1) is 6.92 Å². The van der Waals surface area contributed by atoms with Crippen LogP contribution >= 0.6 is 15.9 Å². The molecule has 1 aliphatic heterocycles. The normalized spacial score (nSPS) is 12.6. The van der Waals surface area contributed by atoms with Gasteiger partial charge in [0.15, 0.2) is 11.5 Å². The summed E-state index contributed by atoms with van der Waals surface area (Å²) in [5, 5.41) is 3.26. The van der Waals surface area contributed by atoms with Gasteiger partial charge in [0.05, 0.1) is 0 Å². The molecule has 18 heavy (non-hydrogen) atoms. The smallest absolute Gasteiger partial charge is 0.231 e. The van der Waals surface area contributed by atoms with E-state index in [2.05, 4.69) is 26.2 Å². The molecule has 1 N–H and O–H groups in total. The number of aryl methyl sites for hydroxylation is 1. The number of aromatic nitrogens is 1. The summed E-state index contributed by atoms with van der Waals surface area (Å²) in [6.07, 6.45) is 1.77. The number of pyridine rings is 1. The van der Waals surface area contributed by atoms with Gasteiger partial charge in [0.1, 0.15) is 5.82 Å². The first-order chi connectivity index (χ1) is 8.72. The zero-order valence-electron chi connectivity index (χ0n) is 9.74. The van der Waals surface area contributed by atoms with Gasteiger partial charge in [-0.25, -0.2) is 4.98 Å². The first kappa shape index (κ1) is 11.3. The monoisotopic (exact) mass is 306 g/mol. The van der Waals surface area contributed by atoms with Gasteiger partial charge in [-0.2, -0.15) is 0 Å². The third kappa shape index (κ3) is 2.13. The van der Waals surface area contributed by atoms with Crippen molar-refractivity contribution in [1.29, 1.82) is 0 Å². The summed E-state index contributed by atoms with van der Waals surface area (Å²) in [5.74, 6) is 2.37. The van der Waals surface area contributed by atoms with Crippen LogP contribution in [0.15, 0.2) is 34.9 Å². The fraction of sp³-hybridized carbons (Fsp3) is 0.154. The van der Waals surface area contributed by atoms with Gasteiger partial charge in [-0.15, -0.1) is 0 Å². The Kier molecular flexibility index (Phi) is 2.83. The largest absolute Gasteiger partial charge is 0.454 e. The maximum absolute atomic E-state index is 5.34. The van der Waals surface area contributed by atoms with E-state index in [9.17, 15) is 0 Å². The zero-order chi connectivity index (χ0) is 12.5. The maximum Gasteiger partial charge on any atom is 0.231 e. The Balaban J connectivity index is 1.88. The lowest BCUT2D eigenvalue weighted by Crippen LogP contribution is -1.96. The highest BCUT2D eigenvalue weighted by Crippen LogP contribution is 2.35.